The average Bonchev–Trinajstić information content (AvgIpc) is 2.89. The summed E-state index contributed by atoms with van der Waals surface area (Å²) in [5, 5.41) is 17.3. The van der Waals surface area contributed by atoms with Crippen molar-refractivity contribution in [3.05, 3.63) is 11.6 Å². The van der Waals surface area contributed by atoms with Gasteiger partial charge in [-0.1, -0.05) is 0 Å². The van der Waals surface area contributed by atoms with Gasteiger partial charge < -0.3 is 30.0 Å². The van der Waals surface area contributed by atoms with Crippen LogP contribution in [-0.2, 0) is 23.1 Å². The molecule has 1 aromatic heterocycles. The number of hydrogen-bond donors (Lipinski definition) is 3. The van der Waals surface area contributed by atoms with Crippen LogP contribution >= 0.6 is 24.0 Å². The first-order valence-electron chi connectivity index (χ1n) is 9.05. The first-order chi connectivity index (χ1) is 12.7. The SMILES string of the molecule is COCCCNC(=NCc1nnc(C)n1C)NCCNC(=O)OC(C)(C)C.I. The number of amides is 1. The van der Waals surface area contributed by atoms with Crippen LogP contribution in [0, 0.1) is 6.92 Å². The van der Waals surface area contributed by atoms with Gasteiger partial charge in [0.15, 0.2) is 11.8 Å². The molecule has 11 heteroatoms. The Hall–Kier alpha value is -1.63. The predicted molar refractivity (Wildman–Crippen MR) is 119 cm³/mol. The number of carbonyl (C=O) groups is 1. The molecule has 162 valence electrons. The van der Waals surface area contributed by atoms with Crippen LogP contribution in [0.1, 0.15) is 38.8 Å². The lowest BCUT2D eigenvalue weighted by Gasteiger charge is -2.20. The van der Waals surface area contributed by atoms with Crippen molar-refractivity contribution in [2.24, 2.45) is 12.0 Å². The van der Waals surface area contributed by atoms with Gasteiger partial charge in [-0.3, -0.25) is 0 Å². The van der Waals surface area contributed by atoms with E-state index in [0.29, 0.717) is 32.2 Å². The number of aromatic nitrogens is 3. The minimum absolute atomic E-state index is 0. The molecule has 0 radical (unpaired) electrons. The second-order valence-electron chi connectivity index (χ2n) is 7.02. The molecule has 0 aliphatic carbocycles. The van der Waals surface area contributed by atoms with E-state index in [-0.39, 0.29) is 24.0 Å². The van der Waals surface area contributed by atoms with E-state index in [1.165, 1.54) is 0 Å². The van der Waals surface area contributed by atoms with Crippen LogP contribution in [0.5, 0.6) is 0 Å². The standard InChI is InChI=1S/C17H33N7O3.HI/c1-13-22-23-14(24(13)5)12-21-15(18-8-7-11-26-6)19-9-10-20-16(25)27-17(2,3)4;/h7-12H2,1-6H3,(H,20,25)(H2,18,19,21);1H. The fraction of sp³-hybridized carbons (Fsp3) is 0.765. The summed E-state index contributed by atoms with van der Waals surface area (Å²) in [5.74, 6) is 2.25. The number of carbonyl (C=O) groups excluding carboxylic acids is 1. The summed E-state index contributed by atoms with van der Waals surface area (Å²) in [6, 6.07) is 0. The van der Waals surface area contributed by atoms with Gasteiger partial charge in [-0.15, -0.1) is 34.2 Å². The van der Waals surface area contributed by atoms with Gasteiger partial charge in [0.25, 0.3) is 0 Å². The molecule has 0 aliphatic heterocycles. The first-order valence-corrected chi connectivity index (χ1v) is 9.05. The summed E-state index contributed by atoms with van der Waals surface area (Å²) in [7, 11) is 3.58. The van der Waals surface area contributed by atoms with Gasteiger partial charge in [-0.2, -0.15) is 0 Å². The first kappa shape index (κ1) is 26.4. The van der Waals surface area contributed by atoms with Gasteiger partial charge in [-0.05, 0) is 34.1 Å². The number of nitrogens with zero attached hydrogens (tertiary/aromatic N) is 4. The van der Waals surface area contributed by atoms with Crippen molar-refractivity contribution < 1.29 is 14.3 Å². The van der Waals surface area contributed by atoms with Crippen molar-refractivity contribution in [2.75, 3.05) is 33.4 Å². The van der Waals surface area contributed by atoms with E-state index >= 15 is 0 Å². The molecule has 28 heavy (non-hydrogen) atoms. The number of nitrogens with one attached hydrogen (secondary N) is 3. The van der Waals surface area contributed by atoms with Gasteiger partial charge in [0.1, 0.15) is 18.0 Å². The highest BCUT2D eigenvalue weighted by molar-refractivity contribution is 14.0. The molecular formula is C17H34IN7O3. The molecule has 0 bridgehead atoms. The van der Waals surface area contributed by atoms with Crippen LogP contribution in [0.2, 0.25) is 0 Å². The molecular weight excluding hydrogens is 477 g/mol. The van der Waals surface area contributed by atoms with Crippen LogP contribution in [-0.4, -0.2) is 65.8 Å². The maximum Gasteiger partial charge on any atom is 0.407 e. The highest BCUT2D eigenvalue weighted by Gasteiger charge is 2.15. The van der Waals surface area contributed by atoms with Crippen LogP contribution in [0.4, 0.5) is 4.79 Å². The van der Waals surface area contributed by atoms with E-state index < -0.39 is 11.7 Å². The Balaban J connectivity index is 0.00000729. The number of alkyl carbamates (subject to hydrolysis) is 1. The van der Waals surface area contributed by atoms with E-state index in [9.17, 15) is 4.79 Å². The van der Waals surface area contributed by atoms with Crippen molar-refractivity contribution in [2.45, 2.75) is 46.3 Å². The Morgan fingerprint density at radius 2 is 1.79 bits per heavy atom. The summed E-state index contributed by atoms with van der Waals surface area (Å²) in [6.45, 7) is 10.1. The Morgan fingerprint density at radius 3 is 2.36 bits per heavy atom. The monoisotopic (exact) mass is 511 g/mol. The molecule has 0 atom stereocenters. The zero-order valence-corrected chi connectivity index (χ0v) is 20.0. The lowest BCUT2D eigenvalue weighted by atomic mass is 10.2. The number of aryl methyl sites for hydroxylation is 1. The lowest BCUT2D eigenvalue weighted by molar-refractivity contribution is 0.0529. The molecule has 0 aromatic carbocycles. The van der Waals surface area contributed by atoms with Crippen molar-refractivity contribution in [1.29, 1.82) is 0 Å². The van der Waals surface area contributed by atoms with Crippen LogP contribution in [0.3, 0.4) is 0 Å². The molecule has 1 amide bonds. The van der Waals surface area contributed by atoms with Gasteiger partial charge in [0, 0.05) is 40.4 Å². The smallest absolute Gasteiger partial charge is 0.407 e. The van der Waals surface area contributed by atoms with Crippen LogP contribution in [0.15, 0.2) is 4.99 Å². The zero-order valence-electron chi connectivity index (χ0n) is 17.7. The Morgan fingerprint density at radius 1 is 1.14 bits per heavy atom. The quantitative estimate of drug-likeness (QED) is 0.198. The average molecular weight is 511 g/mol. The van der Waals surface area contributed by atoms with Gasteiger partial charge in [0.2, 0.25) is 0 Å². The highest BCUT2D eigenvalue weighted by Crippen LogP contribution is 2.06. The number of hydrogen-bond acceptors (Lipinski definition) is 6. The van der Waals surface area contributed by atoms with E-state index in [1.54, 1.807) is 7.11 Å². The third-order valence-electron chi connectivity index (χ3n) is 3.46. The fourth-order valence-corrected chi connectivity index (χ4v) is 2.00. The Bertz CT molecular complexity index is 614. The number of guanidine groups is 1. The molecule has 10 nitrogen and oxygen atoms in total. The normalized spacial score (nSPS) is 11.6. The Labute approximate surface area is 184 Å². The predicted octanol–water partition coefficient (Wildman–Crippen LogP) is 1.34. The largest absolute Gasteiger partial charge is 0.444 e. The summed E-state index contributed by atoms with van der Waals surface area (Å²) < 4.78 is 12.2. The van der Waals surface area contributed by atoms with Crippen LogP contribution < -0.4 is 16.0 Å². The van der Waals surface area contributed by atoms with Gasteiger partial charge in [-0.25, -0.2) is 9.79 Å². The molecule has 0 saturated carbocycles. The molecule has 0 fully saturated rings. The number of ether oxygens (including phenoxy) is 2. The molecule has 0 aliphatic rings. The Kier molecular flexibility index (Phi) is 12.7. The van der Waals surface area contributed by atoms with E-state index in [2.05, 4.69) is 31.1 Å². The highest BCUT2D eigenvalue weighted by atomic mass is 127. The van der Waals surface area contributed by atoms with E-state index in [0.717, 1.165) is 24.6 Å². The zero-order chi connectivity index (χ0) is 20.3. The second-order valence-corrected chi connectivity index (χ2v) is 7.02. The topological polar surface area (TPSA) is 115 Å². The molecule has 1 heterocycles. The van der Waals surface area contributed by atoms with Crippen molar-refractivity contribution >= 4 is 36.0 Å². The summed E-state index contributed by atoms with van der Waals surface area (Å²) in [6.07, 6.45) is 0.418. The molecule has 1 aromatic rings. The van der Waals surface area contributed by atoms with Crippen LogP contribution in [0.25, 0.3) is 0 Å². The molecule has 0 saturated heterocycles. The third-order valence-corrected chi connectivity index (χ3v) is 3.46. The van der Waals surface area contributed by atoms with Crippen molar-refractivity contribution in [3.63, 3.8) is 0 Å². The number of aliphatic imine (C=N–C) groups is 1. The fourth-order valence-electron chi connectivity index (χ4n) is 2.00. The number of methoxy groups -OCH3 is 1. The molecule has 0 spiro atoms. The maximum absolute atomic E-state index is 11.7. The van der Waals surface area contributed by atoms with E-state index in [4.69, 9.17) is 9.47 Å². The lowest BCUT2D eigenvalue weighted by Crippen LogP contribution is -2.43. The second kappa shape index (κ2) is 13.5. The minimum atomic E-state index is -0.513. The number of rotatable bonds is 9. The minimum Gasteiger partial charge on any atom is -0.444 e. The summed E-state index contributed by atoms with van der Waals surface area (Å²) >= 11 is 0. The van der Waals surface area contributed by atoms with Crippen molar-refractivity contribution in [3.8, 4) is 0 Å². The van der Waals surface area contributed by atoms with Gasteiger partial charge >= 0.3 is 6.09 Å². The van der Waals surface area contributed by atoms with Crippen molar-refractivity contribution in [1.82, 2.24) is 30.7 Å². The molecule has 0 unspecified atom stereocenters. The molecule has 3 N–H and O–H groups in total. The maximum atomic E-state index is 11.7. The third kappa shape index (κ3) is 11.3. The van der Waals surface area contributed by atoms with Gasteiger partial charge in [0.05, 0.1) is 0 Å². The summed E-state index contributed by atoms with van der Waals surface area (Å²) in [4.78, 5) is 16.2. The molecule has 1 rings (SSSR count). The van der Waals surface area contributed by atoms with E-state index in [1.807, 2.05) is 39.3 Å². The summed E-state index contributed by atoms with van der Waals surface area (Å²) in [5.41, 5.74) is -0.513. The number of halogens is 1.